The third-order valence-electron chi connectivity index (χ3n) is 2.51. The van der Waals surface area contributed by atoms with Gasteiger partial charge in [-0.15, -0.1) is 0 Å². The standard InChI is InChI=1S/C10H19N3O3/c1-7-9(11-4-5-16-7)10(15)12-6-8(14)13(2)3/h7,9,11H,4-6H2,1-3H3,(H,12,15)/t7-,9+/m1/s1. The normalized spacial score (nSPS) is 24.9. The molecule has 0 saturated carbocycles. The van der Waals surface area contributed by atoms with Gasteiger partial charge in [0.1, 0.15) is 6.04 Å². The summed E-state index contributed by atoms with van der Waals surface area (Å²) in [7, 11) is 3.30. The highest BCUT2D eigenvalue weighted by atomic mass is 16.5. The van der Waals surface area contributed by atoms with Crippen LogP contribution < -0.4 is 10.6 Å². The summed E-state index contributed by atoms with van der Waals surface area (Å²) in [6.07, 6.45) is -0.164. The van der Waals surface area contributed by atoms with Crippen molar-refractivity contribution in [1.29, 1.82) is 0 Å². The number of hydrogen-bond acceptors (Lipinski definition) is 4. The number of rotatable bonds is 3. The Balaban J connectivity index is 2.36. The van der Waals surface area contributed by atoms with Gasteiger partial charge in [0.25, 0.3) is 0 Å². The Morgan fingerprint density at radius 1 is 1.50 bits per heavy atom. The Kier molecular flexibility index (Phi) is 4.70. The molecule has 0 aliphatic carbocycles. The Bertz CT molecular complexity index is 268. The van der Waals surface area contributed by atoms with Gasteiger partial charge in [-0.3, -0.25) is 9.59 Å². The van der Waals surface area contributed by atoms with Crippen molar-refractivity contribution in [2.24, 2.45) is 0 Å². The average molecular weight is 229 g/mol. The lowest BCUT2D eigenvalue weighted by atomic mass is 10.1. The van der Waals surface area contributed by atoms with Crippen LogP contribution >= 0.6 is 0 Å². The number of nitrogens with zero attached hydrogens (tertiary/aromatic N) is 1. The minimum atomic E-state index is -0.372. The first kappa shape index (κ1) is 12.9. The molecule has 1 aliphatic rings. The van der Waals surface area contributed by atoms with E-state index < -0.39 is 0 Å². The molecule has 1 rings (SSSR count). The molecule has 0 aromatic carbocycles. The van der Waals surface area contributed by atoms with E-state index in [1.54, 1.807) is 14.1 Å². The second-order valence-corrected chi connectivity index (χ2v) is 4.01. The van der Waals surface area contributed by atoms with Crippen LogP contribution in [0.25, 0.3) is 0 Å². The number of carbonyl (C=O) groups excluding carboxylic acids is 2. The number of amides is 2. The average Bonchev–Trinajstić information content (AvgIpc) is 2.25. The molecule has 1 aliphatic heterocycles. The monoisotopic (exact) mass is 229 g/mol. The molecule has 1 fully saturated rings. The SMILES string of the molecule is C[C@H]1OCCN[C@@H]1C(=O)NCC(=O)N(C)C. The van der Waals surface area contributed by atoms with E-state index in [1.165, 1.54) is 4.90 Å². The highest BCUT2D eigenvalue weighted by Gasteiger charge is 2.28. The lowest BCUT2D eigenvalue weighted by Crippen LogP contribution is -2.56. The van der Waals surface area contributed by atoms with Crippen LogP contribution in [0.15, 0.2) is 0 Å². The van der Waals surface area contributed by atoms with E-state index in [0.29, 0.717) is 13.2 Å². The van der Waals surface area contributed by atoms with E-state index in [2.05, 4.69) is 10.6 Å². The largest absolute Gasteiger partial charge is 0.375 e. The molecule has 2 amide bonds. The van der Waals surface area contributed by atoms with Crippen molar-refractivity contribution in [2.45, 2.75) is 19.1 Å². The Morgan fingerprint density at radius 2 is 2.19 bits per heavy atom. The van der Waals surface area contributed by atoms with Gasteiger partial charge in [0.2, 0.25) is 11.8 Å². The van der Waals surface area contributed by atoms with Gasteiger partial charge in [-0.2, -0.15) is 0 Å². The summed E-state index contributed by atoms with van der Waals surface area (Å²) in [5, 5.41) is 5.65. The molecule has 6 heteroatoms. The molecule has 0 radical (unpaired) electrons. The van der Waals surface area contributed by atoms with E-state index in [-0.39, 0.29) is 30.5 Å². The minimum absolute atomic E-state index is 0.0245. The zero-order chi connectivity index (χ0) is 12.1. The molecule has 0 aromatic rings. The van der Waals surface area contributed by atoms with Gasteiger partial charge in [-0.1, -0.05) is 0 Å². The summed E-state index contributed by atoms with van der Waals surface area (Å²) in [5.41, 5.74) is 0. The highest BCUT2D eigenvalue weighted by molar-refractivity contribution is 5.87. The van der Waals surface area contributed by atoms with E-state index in [0.717, 1.165) is 0 Å². The molecule has 92 valence electrons. The zero-order valence-electron chi connectivity index (χ0n) is 9.95. The van der Waals surface area contributed by atoms with Gasteiger partial charge in [-0.05, 0) is 6.92 Å². The maximum Gasteiger partial charge on any atom is 0.241 e. The van der Waals surface area contributed by atoms with Gasteiger partial charge in [-0.25, -0.2) is 0 Å². The quantitative estimate of drug-likeness (QED) is 0.622. The molecule has 0 unspecified atom stereocenters. The van der Waals surface area contributed by atoms with Crippen LogP contribution in [0.1, 0.15) is 6.92 Å². The molecule has 0 aromatic heterocycles. The van der Waals surface area contributed by atoms with Crippen LogP contribution in [-0.4, -0.2) is 62.7 Å². The Hall–Kier alpha value is -1.14. The van der Waals surface area contributed by atoms with E-state index in [1.807, 2.05) is 6.92 Å². The first-order valence-electron chi connectivity index (χ1n) is 5.35. The Morgan fingerprint density at radius 3 is 2.75 bits per heavy atom. The first-order chi connectivity index (χ1) is 7.52. The number of morpholine rings is 1. The predicted molar refractivity (Wildman–Crippen MR) is 58.9 cm³/mol. The summed E-state index contributed by atoms with van der Waals surface area (Å²) in [6, 6.07) is -0.372. The van der Waals surface area contributed by atoms with Crippen LogP contribution in [0.5, 0.6) is 0 Å². The second kappa shape index (κ2) is 5.81. The van der Waals surface area contributed by atoms with Crippen molar-refractivity contribution >= 4 is 11.8 Å². The van der Waals surface area contributed by atoms with Crippen molar-refractivity contribution < 1.29 is 14.3 Å². The zero-order valence-corrected chi connectivity index (χ0v) is 9.95. The fraction of sp³-hybridized carbons (Fsp3) is 0.800. The highest BCUT2D eigenvalue weighted by Crippen LogP contribution is 2.03. The van der Waals surface area contributed by atoms with Crippen molar-refractivity contribution in [3.8, 4) is 0 Å². The second-order valence-electron chi connectivity index (χ2n) is 4.01. The fourth-order valence-corrected chi connectivity index (χ4v) is 1.46. The first-order valence-corrected chi connectivity index (χ1v) is 5.35. The number of hydrogen-bond donors (Lipinski definition) is 2. The smallest absolute Gasteiger partial charge is 0.241 e. The maximum atomic E-state index is 11.7. The third-order valence-corrected chi connectivity index (χ3v) is 2.51. The van der Waals surface area contributed by atoms with E-state index in [9.17, 15) is 9.59 Å². The molecule has 1 heterocycles. The van der Waals surface area contributed by atoms with Crippen molar-refractivity contribution in [3.63, 3.8) is 0 Å². The van der Waals surface area contributed by atoms with Crippen molar-refractivity contribution in [2.75, 3.05) is 33.8 Å². The maximum absolute atomic E-state index is 11.7. The van der Waals surface area contributed by atoms with Crippen LogP contribution in [0.4, 0.5) is 0 Å². The molecule has 6 nitrogen and oxygen atoms in total. The third kappa shape index (κ3) is 3.46. The summed E-state index contributed by atoms with van der Waals surface area (Å²) in [5.74, 6) is -0.319. The number of ether oxygens (including phenoxy) is 1. The minimum Gasteiger partial charge on any atom is -0.375 e. The molecule has 1 saturated heterocycles. The lowest BCUT2D eigenvalue weighted by molar-refractivity contribution is -0.134. The van der Waals surface area contributed by atoms with Crippen LogP contribution in [0.3, 0.4) is 0 Å². The summed E-state index contributed by atoms with van der Waals surface area (Å²) in [4.78, 5) is 24.4. The summed E-state index contributed by atoms with van der Waals surface area (Å²) < 4.78 is 5.35. The van der Waals surface area contributed by atoms with Crippen LogP contribution in [-0.2, 0) is 14.3 Å². The number of nitrogens with one attached hydrogen (secondary N) is 2. The fourth-order valence-electron chi connectivity index (χ4n) is 1.46. The van der Waals surface area contributed by atoms with Crippen molar-refractivity contribution in [3.05, 3.63) is 0 Å². The Labute approximate surface area is 95.3 Å². The molecule has 2 N–H and O–H groups in total. The van der Waals surface area contributed by atoms with Gasteiger partial charge >= 0.3 is 0 Å². The molecule has 0 bridgehead atoms. The number of carbonyl (C=O) groups is 2. The van der Waals surface area contributed by atoms with Gasteiger partial charge in [0.05, 0.1) is 19.3 Å². The van der Waals surface area contributed by atoms with E-state index in [4.69, 9.17) is 4.74 Å². The van der Waals surface area contributed by atoms with Crippen LogP contribution in [0, 0.1) is 0 Å². The van der Waals surface area contributed by atoms with Gasteiger partial charge in [0.15, 0.2) is 0 Å². The summed E-state index contributed by atoms with van der Waals surface area (Å²) in [6.45, 7) is 3.13. The summed E-state index contributed by atoms with van der Waals surface area (Å²) >= 11 is 0. The molecule has 0 spiro atoms. The molecule has 2 atom stereocenters. The predicted octanol–water partition coefficient (Wildman–Crippen LogP) is -1.43. The molecular weight excluding hydrogens is 210 g/mol. The topological polar surface area (TPSA) is 70.7 Å². The lowest BCUT2D eigenvalue weighted by Gasteiger charge is -2.29. The van der Waals surface area contributed by atoms with Crippen LogP contribution in [0.2, 0.25) is 0 Å². The molecule has 16 heavy (non-hydrogen) atoms. The van der Waals surface area contributed by atoms with E-state index >= 15 is 0 Å². The number of likely N-dealkylation sites (N-methyl/N-ethyl adjacent to an activating group) is 1. The van der Waals surface area contributed by atoms with Gasteiger partial charge in [0, 0.05) is 20.6 Å². The van der Waals surface area contributed by atoms with Crippen molar-refractivity contribution in [1.82, 2.24) is 15.5 Å². The van der Waals surface area contributed by atoms with Gasteiger partial charge < -0.3 is 20.3 Å². The molecular formula is C10H19N3O3.